The Morgan fingerprint density at radius 1 is 1.62 bits per heavy atom. The van der Waals surface area contributed by atoms with Crippen molar-refractivity contribution in [3.63, 3.8) is 0 Å². The monoisotopic (exact) mass is 296 g/mol. The Balaban J connectivity index is 2.34. The molecule has 1 aliphatic heterocycles. The number of amides is 1. The van der Waals surface area contributed by atoms with Gasteiger partial charge in [0.2, 0.25) is 5.91 Å². The second kappa shape index (κ2) is 6.87. The summed E-state index contributed by atoms with van der Waals surface area (Å²) in [4.78, 5) is 11.6. The quantitative estimate of drug-likeness (QED) is 0.869. The van der Waals surface area contributed by atoms with Crippen LogP contribution >= 0.6 is 0 Å². The molecule has 0 spiro atoms. The largest absolute Gasteiger partial charge is 0.490 e. The molecule has 1 aliphatic rings. The molecule has 0 radical (unpaired) electrons. The van der Waals surface area contributed by atoms with Crippen molar-refractivity contribution in [2.24, 2.45) is 5.73 Å². The first-order valence-electron chi connectivity index (χ1n) is 7.06. The number of nitrogens with one attached hydrogen (secondary N) is 1. The van der Waals surface area contributed by atoms with Gasteiger partial charge in [0, 0.05) is 25.5 Å². The number of hydrogen-bond donors (Lipinski definition) is 2. The van der Waals surface area contributed by atoms with Crippen molar-refractivity contribution >= 4 is 5.91 Å². The molecule has 0 saturated heterocycles. The molecule has 6 heteroatoms. The van der Waals surface area contributed by atoms with Crippen molar-refractivity contribution in [1.82, 2.24) is 5.32 Å². The highest BCUT2D eigenvalue weighted by atomic mass is 19.1. The van der Waals surface area contributed by atoms with Crippen molar-refractivity contribution < 1.29 is 18.7 Å². The van der Waals surface area contributed by atoms with Crippen LogP contribution in [0.2, 0.25) is 0 Å². The highest BCUT2D eigenvalue weighted by molar-refractivity contribution is 5.76. The molecule has 0 aromatic heterocycles. The van der Waals surface area contributed by atoms with Gasteiger partial charge in [0.25, 0.3) is 0 Å². The number of methoxy groups -OCH3 is 1. The Labute approximate surface area is 123 Å². The van der Waals surface area contributed by atoms with Crippen molar-refractivity contribution in [1.29, 1.82) is 0 Å². The number of rotatable bonds is 5. The van der Waals surface area contributed by atoms with Crippen molar-refractivity contribution in [3.05, 3.63) is 29.1 Å². The summed E-state index contributed by atoms with van der Waals surface area (Å²) < 4.78 is 24.6. The van der Waals surface area contributed by atoms with E-state index < -0.39 is 11.9 Å². The van der Waals surface area contributed by atoms with Crippen LogP contribution in [0.1, 0.15) is 43.0 Å². The molecule has 1 aromatic carbocycles. The van der Waals surface area contributed by atoms with Gasteiger partial charge in [-0.1, -0.05) is 6.92 Å². The van der Waals surface area contributed by atoms with Crippen molar-refractivity contribution in [2.75, 3.05) is 20.3 Å². The number of fused-ring (bicyclic) bond motifs is 1. The summed E-state index contributed by atoms with van der Waals surface area (Å²) in [6.45, 7) is 2.45. The number of carbonyl (C=O) groups is 1. The zero-order chi connectivity index (χ0) is 15.4. The molecule has 2 rings (SSSR count). The van der Waals surface area contributed by atoms with E-state index in [1.54, 1.807) is 20.1 Å². The lowest BCUT2D eigenvalue weighted by Crippen LogP contribution is -2.32. The number of hydrogen-bond acceptors (Lipinski definition) is 4. The third kappa shape index (κ3) is 3.51. The number of halogens is 1. The van der Waals surface area contributed by atoms with Gasteiger partial charge in [-0.3, -0.25) is 4.79 Å². The lowest BCUT2D eigenvalue weighted by molar-refractivity contribution is -0.121. The van der Waals surface area contributed by atoms with Crippen LogP contribution < -0.4 is 15.8 Å². The topological polar surface area (TPSA) is 73.6 Å². The molecule has 1 amide bonds. The standard InChI is InChI=1S/C15H21FN2O3/c1-3-14(19)18-13-4-5-21-15-10(13)6-9(7-11(15)16)12(17)8-20-2/h6-7,12-13H,3-5,8,17H2,1-2H3,(H,18,19). The smallest absolute Gasteiger partial charge is 0.220 e. The molecular formula is C15H21FN2O3. The van der Waals surface area contributed by atoms with E-state index >= 15 is 0 Å². The maximum Gasteiger partial charge on any atom is 0.220 e. The fourth-order valence-corrected chi connectivity index (χ4v) is 2.42. The fourth-order valence-electron chi connectivity index (χ4n) is 2.42. The van der Waals surface area contributed by atoms with Crippen molar-refractivity contribution in [2.45, 2.75) is 31.8 Å². The molecule has 21 heavy (non-hydrogen) atoms. The normalized spacial score (nSPS) is 18.6. The van der Waals surface area contributed by atoms with E-state index in [1.807, 2.05) is 0 Å². The van der Waals surface area contributed by atoms with Gasteiger partial charge in [-0.15, -0.1) is 0 Å². The molecule has 0 saturated carbocycles. The van der Waals surface area contributed by atoms with Gasteiger partial charge in [0.15, 0.2) is 11.6 Å². The van der Waals surface area contributed by atoms with Gasteiger partial charge in [-0.2, -0.15) is 0 Å². The van der Waals surface area contributed by atoms with Crippen LogP contribution in [0.15, 0.2) is 12.1 Å². The van der Waals surface area contributed by atoms with Gasteiger partial charge in [-0.05, 0) is 17.7 Å². The molecule has 0 aliphatic carbocycles. The number of carbonyl (C=O) groups excluding carboxylic acids is 1. The predicted octanol–water partition coefficient (Wildman–Crippen LogP) is 1.82. The first-order chi connectivity index (χ1) is 10.1. The minimum Gasteiger partial charge on any atom is -0.490 e. The van der Waals surface area contributed by atoms with Crippen LogP contribution in [0, 0.1) is 5.82 Å². The molecular weight excluding hydrogens is 275 g/mol. The first-order valence-corrected chi connectivity index (χ1v) is 7.06. The zero-order valence-electron chi connectivity index (χ0n) is 12.3. The van der Waals surface area contributed by atoms with Crippen LogP contribution in [0.5, 0.6) is 5.75 Å². The Hall–Kier alpha value is -1.66. The predicted molar refractivity (Wildman–Crippen MR) is 76.5 cm³/mol. The van der Waals surface area contributed by atoms with Gasteiger partial charge in [0.05, 0.1) is 25.3 Å². The summed E-state index contributed by atoms with van der Waals surface area (Å²) in [5, 5.41) is 2.89. The highest BCUT2D eigenvalue weighted by Gasteiger charge is 2.27. The SMILES string of the molecule is CCC(=O)NC1CCOc2c(F)cc(C(N)COC)cc21. The van der Waals surface area contributed by atoms with Crippen LogP contribution in [0.3, 0.4) is 0 Å². The Bertz CT molecular complexity index is 522. The molecule has 5 nitrogen and oxygen atoms in total. The second-order valence-electron chi connectivity index (χ2n) is 5.09. The molecule has 2 unspecified atom stereocenters. The lowest BCUT2D eigenvalue weighted by Gasteiger charge is -2.28. The molecule has 1 aromatic rings. The van der Waals surface area contributed by atoms with E-state index in [4.69, 9.17) is 15.2 Å². The van der Waals surface area contributed by atoms with E-state index in [2.05, 4.69) is 5.32 Å². The van der Waals surface area contributed by atoms with E-state index in [1.165, 1.54) is 6.07 Å². The molecule has 0 fully saturated rings. The molecule has 1 heterocycles. The minimum absolute atomic E-state index is 0.0696. The minimum atomic E-state index is -0.454. The maximum absolute atomic E-state index is 14.2. The van der Waals surface area contributed by atoms with Crippen molar-refractivity contribution in [3.8, 4) is 5.75 Å². The number of ether oxygens (including phenoxy) is 2. The molecule has 0 bridgehead atoms. The van der Waals surface area contributed by atoms with Gasteiger partial charge in [0.1, 0.15) is 0 Å². The summed E-state index contributed by atoms with van der Waals surface area (Å²) in [5.41, 5.74) is 7.24. The Morgan fingerprint density at radius 3 is 3.05 bits per heavy atom. The van der Waals surface area contributed by atoms with E-state index in [9.17, 15) is 9.18 Å². The summed E-state index contributed by atoms with van der Waals surface area (Å²) in [6.07, 6.45) is 0.999. The average Bonchev–Trinajstić information content (AvgIpc) is 2.48. The zero-order valence-corrected chi connectivity index (χ0v) is 12.3. The molecule has 3 N–H and O–H groups in total. The van der Waals surface area contributed by atoms with Crippen LogP contribution in [-0.4, -0.2) is 26.2 Å². The third-order valence-electron chi connectivity index (χ3n) is 3.55. The van der Waals surface area contributed by atoms with Gasteiger partial charge >= 0.3 is 0 Å². The van der Waals surface area contributed by atoms with Gasteiger partial charge < -0.3 is 20.5 Å². The van der Waals surface area contributed by atoms with E-state index in [0.717, 1.165) is 0 Å². The fraction of sp³-hybridized carbons (Fsp3) is 0.533. The van der Waals surface area contributed by atoms with Crippen LogP contribution in [0.25, 0.3) is 0 Å². The Morgan fingerprint density at radius 2 is 2.38 bits per heavy atom. The second-order valence-corrected chi connectivity index (χ2v) is 5.09. The molecule has 116 valence electrons. The average molecular weight is 296 g/mol. The third-order valence-corrected chi connectivity index (χ3v) is 3.55. The highest BCUT2D eigenvalue weighted by Crippen LogP contribution is 2.36. The summed E-state index contributed by atoms with van der Waals surface area (Å²) >= 11 is 0. The van der Waals surface area contributed by atoms with E-state index in [-0.39, 0.29) is 17.7 Å². The Kier molecular flexibility index (Phi) is 5.14. The summed E-state index contributed by atoms with van der Waals surface area (Å²) in [6, 6.07) is 2.50. The summed E-state index contributed by atoms with van der Waals surface area (Å²) in [7, 11) is 1.54. The first kappa shape index (κ1) is 15.7. The lowest BCUT2D eigenvalue weighted by atomic mass is 9.95. The maximum atomic E-state index is 14.2. The summed E-state index contributed by atoms with van der Waals surface area (Å²) in [5.74, 6) is -0.319. The van der Waals surface area contributed by atoms with Crippen LogP contribution in [-0.2, 0) is 9.53 Å². The number of nitrogens with two attached hydrogens (primary N) is 1. The van der Waals surface area contributed by atoms with Crippen LogP contribution in [0.4, 0.5) is 4.39 Å². The van der Waals surface area contributed by atoms with E-state index in [0.29, 0.717) is 37.2 Å². The number of benzene rings is 1. The molecule has 2 atom stereocenters. The van der Waals surface area contributed by atoms with Gasteiger partial charge in [-0.25, -0.2) is 4.39 Å².